The minimum atomic E-state index is -0.114. The number of nitrogens with one attached hydrogen (secondary N) is 1. The summed E-state index contributed by atoms with van der Waals surface area (Å²) >= 11 is 1.57. The zero-order valence-corrected chi connectivity index (χ0v) is 18.7. The van der Waals surface area contributed by atoms with Crippen molar-refractivity contribution >= 4 is 28.4 Å². The van der Waals surface area contributed by atoms with E-state index in [0.717, 1.165) is 39.4 Å². The van der Waals surface area contributed by atoms with Crippen molar-refractivity contribution in [1.82, 2.24) is 9.97 Å². The first kappa shape index (κ1) is 21.1. The zero-order chi connectivity index (χ0) is 22.0. The maximum Gasteiger partial charge on any atom is 0.230 e. The number of benzene rings is 2. The molecule has 0 unspecified atom stereocenters. The van der Waals surface area contributed by atoms with E-state index in [2.05, 4.69) is 5.32 Å². The second kappa shape index (κ2) is 8.94. The lowest BCUT2D eigenvalue weighted by Crippen LogP contribution is -2.19. The molecule has 1 amide bonds. The number of hydrogen-bond acceptors (Lipinski definition) is 5. The monoisotopic (exact) mass is 431 g/mol. The number of nitrogens with zero attached hydrogens (tertiary/aromatic N) is 2. The Labute approximate surface area is 186 Å². The Balaban J connectivity index is 1.71. The third kappa shape index (κ3) is 4.49. The summed E-state index contributed by atoms with van der Waals surface area (Å²) in [6, 6.07) is 13.3. The molecule has 3 aromatic rings. The molecule has 6 heteroatoms. The Bertz CT molecular complexity index is 1170. The van der Waals surface area contributed by atoms with Gasteiger partial charge in [-0.15, -0.1) is 11.8 Å². The van der Waals surface area contributed by atoms with Crippen LogP contribution in [0.4, 0.5) is 5.82 Å². The van der Waals surface area contributed by atoms with Crippen molar-refractivity contribution in [1.29, 1.82) is 0 Å². The summed E-state index contributed by atoms with van der Waals surface area (Å²) in [6.07, 6.45) is 5.74. The highest BCUT2D eigenvalue weighted by atomic mass is 32.2. The highest BCUT2D eigenvalue weighted by Gasteiger charge is 2.24. The van der Waals surface area contributed by atoms with Gasteiger partial charge in [0.15, 0.2) is 5.82 Å². The molecular formula is C25H25N3O2S. The first-order chi connectivity index (χ1) is 15.0. The van der Waals surface area contributed by atoms with Gasteiger partial charge in [-0.1, -0.05) is 35.9 Å². The van der Waals surface area contributed by atoms with Gasteiger partial charge in [0, 0.05) is 10.5 Å². The Kier molecular flexibility index (Phi) is 6.09. The van der Waals surface area contributed by atoms with E-state index in [1.165, 1.54) is 5.56 Å². The number of thioether (sulfide) groups is 1. The molecule has 0 radical (unpaired) electrons. The number of rotatable bonds is 5. The van der Waals surface area contributed by atoms with Gasteiger partial charge in [0.05, 0.1) is 17.8 Å². The summed E-state index contributed by atoms with van der Waals surface area (Å²) < 4.78 is 0. The van der Waals surface area contributed by atoms with Crippen LogP contribution in [0, 0.1) is 6.92 Å². The molecule has 1 aromatic heterocycles. The predicted octanol–water partition coefficient (Wildman–Crippen LogP) is 5.16. The molecule has 0 atom stereocenters. The molecule has 5 nitrogen and oxygen atoms in total. The lowest BCUT2D eigenvalue weighted by molar-refractivity contribution is -0.115. The Morgan fingerprint density at radius 2 is 1.94 bits per heavy atom. The van der Waals surface area contributed by atoms with Crippen molar-refractivity contribution in [3.63, 3.8) is 0 Å². The van der Waals surface area contributed by atoms with Crippen molar-refractivity contribution in [3.05, 3.63) is 76.6 Å². The molecule has 1 aliphatic carbocycles. The van der Waals surface area contributed by atoms with Gasteiger partial charge in [-0.2, -0.15) is 0 Å². The van der Waals surface area contributed by atoms with Crippen molar-refractivity contribution in [2.45, 2.75) is 33.1 Å². The Hall–Kier alpha value is -3.12. The lowest BCUT2D eigenvalue weighted by Gasteiger charge is -2.21. The van der Waals surface area contributed by atoms with Crippen LogP contribution in [0.15, 0.2) is 48.5 Å². The molecule has 0 saturated heterocycles. The fourth-order valence-corrected chi connectivity index (χ4v) is 4.38. The minimum absolute atomic E-state index is 0.114. The van der Waals surface area contributed by atoms with Crippen LogP contribution in [0.25, 0.3) is 16.2 Å². The van der Waals surface area contributed by atoms with Crippen LogP contribution in [0.3, 0.4) is 0 Å². The van der Waals surface area contributed by atoms with Crippen LogP contribution < -0.4 is 5.32 Å². The molecule has 4 rings (SSSR count). The fraction of sp³-hybridized carbons (Fsp3) is 0.240. The van der Waals surface area contributed by atoms with Gasteiger partial charge in [0.2, 0.25) is 5.91 Å². The summed E-state index contributed by atoms with van der Waals surface area (Å²) in [4.78, 5) is 23.5. The zero-order valence-electron chi connectivity index (χ0n) is 17.9. The van der Waals surface area contributed by atoms with Crippen LogP contribution in [0.5, 0.6) is 5.75 Å². The van der Waals surface area contributed by atoms with E-state index in [4.69, 9.17) is 9.97 Å². The van der Waals surface area contributed by atoms with Gasteiger partial charge >= 0.3 is 0 Å². The second-order valence-electron chi connectivity index (χ2n) is 7.63. The van der Waals surface area contributed by atoms with Crippen LogP contribution in [-0.4, -0.2) is 27.2 Å². The average molecular weight is 432 g/mol. The molecular weight excluding hydrogens is 406 g/mol. The minimum Gasteiger partial charge on any atom is -0.508 e. The number of aromatic nitrogens is 2. The largest absolute Gasteiger partial charge is 0.508 e. The summed E-state index contributed by atoms with van der Waals surface area (Å²) in [7, 11) is 0. The van der Waals surface area contributed by atoms with Gasteiger partial charge in [0.25, 0.3) is 0 Å². The molecule has 2 aromatic carbocycles. The molecule has 0 aliphatic heterocycles. The number of carbonyl (C=O) groups is 1. The summed E-state index contributed by atoms with van der Waals surface area (Å²) in [5.41, 5.74) is 6.54. The molecule has 158 valence electrons. The number of phenols is 1. The SMILES string of the molecule is C/C=C(\SC)c1nc2c(nc1NC(=O)Cc1ccc(C)cc1)CCc1cc(O)ccc1-2. The smallest absolute Gasteiger partial charge is 0.230 e. The number of amides is 1. The number of fused-ring (bicyclic) bond motifs is 3. The molecule has 31 heavy (non-hydrogen) atoms. The van der Waals surface area contributed by atoms with Gasteiger partial charge in [-0.3, -0.25) is 4.79 Å². The quantitative estimate of drug-likeness (QED) is 0.584. The summed E-state index contributed by atoms with van der Waals surface area (Å²) in [5.74, 6) is 0.645. The molecule has 0 saturated carbocycles. The van der Waals surface area contributed by atoms with Crippen LogP contribution in [0.2, 0.25) is 0 Å². The van der Waals surface area contributed by atoms with Crippen LogP contribution in [0.1, 0.15) is 35.0 Å². The summed E-state index contributed by atoms with van der Waals surface area (Å²) in [5, 5.41) is 12.8. The predicted molar refractivity (Wildman–Crippen MR) is 127 cm³/mol. The normalized spacial score (nSPS) is 12.8. The highest BCUT2D eigenvalue weighted by Crippen LogP contribution is 2.37. The number of aryl methyl sites for hydroxylation is 3. The van der Waals surface area contributed by atoms with E-state index in [-0.39, 0.29) is 18.1 Å². The van der Waals surface area contributed by atoms with Gasteiger partial charge in [0.1, 0.15) is 11.4 Å². The summed E-state index contributed by atoms with van der Waals surface area (Å²) in [6.45, 7) is 3.98. The molecule has 1 heterocycles. The number of anilines is 1. The van der Waals surface area contributed by atoms with Gasteiger partial charge in [-0.25, -0.2) is 9.97 Å². The van der Waals surface area contributed by atoms with E-state index in [1.807, 2.05) is 56.5 Å². The van der Waals surface area contributed by atoms with E-state index in [0.29, 0.717) is 17.9 Å². The number of aromatic hydroxyl groups is 1. The number of carbonyl (C=O) groups excluding carboxylic acids is 1. The lowest BCUT2D eigenvalue weighted by atomic mass is 9.91. The van der Waals surface area contributed by atoms with E-state index < -0.39 is 0 Å². The molecule has 0 fully saturated rings. The van der Waals surface area contributed by atoms with Crippen molar-refractivity contribution in [2.75, 3.05) is 11.6 Å². The Morgan fingerprint density at radius 3 is 2.65 bits per heavy atom. The highest BCUT2D eigenvalue weighted by molar-refractivity contribution is 8.07. The van der Waals surface area contributed by atoms with E-state index in [9.17, 15) is 9.90 Å². The third-order valence-electron chi connectivity index (χ3n) is 5.40. The van der Waals surface area contributed by atoms with Crippen molar-refractivity contribution in [2.24, 2.45) is 0 Å². The van der Waals surface area contributed by atoms with Crippen molar-refractivity contribution < 1.29 is 9.90 Å². The number of allylic oxidation sites excluding steroid dienone is 1. The van der Waals surface area contributed by atoms with Crippen LogP contribution >= 0.6 is 11.8 Å². The Morgan fingerprint density at radius 1 is 1.16 bits per heavy atom. The van der Waals surface area contributed by atoms with E-state index >= 15 is 0 Å². The maximum atomic E-state index is 12.8. The number of phenolic OH excluding ortho intramolecular Hbond substituents is 1. The molecule has 0 spiro atoms. The van der Waals surface area contributed by atoms with Gasteiger partial charge < -0.3 is 10.4 Å². The first-order valence-electron chi connectivity index (χ1n) is 10.3. The maximum absolute atomic E-state index is 12.8. The average Bonchev–Trinajstić information content (AvgIpc) is 2.76. The van der Waals surface area contributed by atoms with Crippen molar-refractivity contribution in [3.8, 4) is 17.0 Å². The second-order valence-corrected chi connectivity index (χ2v) is 8.47. The topological polar surface area (TPSA) is 75.1 Å². The molecule has 1 aliphatic rings. The third-order valence-corrected chi connectivity index (χ3v) is 6.27. The fourth-order valence-electron chi connectivity index (χ4n) is 3.81. The van der Waals surface area contributed by atoms with Gasteiger partial charge in [-0.05, 0) is 62.3 Å². The molecule has 2 N–H and O–H groups in total. The molecule has 0 bridgehead atoms. The standard InChI is InChI=1S/C25H25N3O2S/c1-4-21(31-3)24-25(27-22(30)13-16-7-5-15(2)6-8-16)26-20-12-9-17-14-18(29)10-11-19(17)23(20)28-24/h4-8,10-11,14,29H,9,12-13H2,1-3H3,(H,26,27,30)/b21-4-. The number of hydrogen-bond donors (Lipinski definition) is 2. The van der Waals surface area contributed by atoms with E-state index in [1.54, 1.807) is 23.9 Å². The van der Waals surface area contributed by atoms with Crippen LogP contribution in [-0.2, 0) is 24.1 Å². The first-order valence-corrected chi connectivity index (χ1v) is 11.5.